The van der Waals surface area contributed by atoms with Crippen LogP contribution in [0.3, 0.4) is 0 Å². The minimum atomic E-state index is 0.263. The van der Waals surface area contributed by atoms with E-state index in [1.165, 1.54) is 19.3 Å². The number of likely N-dealkylation sites (tertiary alicyclic amines) is 2. The van der Waals surface area contributed by atoms with E-state index in [-0.39, 0.29) is 6.03 Å². The molecule has 0 spiro atoms. The number of nitrogens with two attached hydrogens (primary N) is 1. The highest BCUT2D eigenvalue weighted by Crippen LogP contribution is 2.21. The lowest BCUT2D eigenvalue weighted by molar-refractivity contribution is 0.151. The van der Waals surface area contributed by atoms with E-state index in [4.69, 9.17) is 5.73 Å². The van der Waals surface area contributed by atoms with Crippen LogP contribution in [0.1, 0.15) is 32.1 Å². The van der Waals surface area contributed by atoms with Gasteiger partial charge in [0.15, 0.2) is 0 Å². The van der Waals surface area contributed by atoms with Gasteiger partial charge < -0.3 is 15.5 Å². The summed E-state index contributed by atoms with van der Waals surface area (Å²) in [4.78, 5) is 16.2. The van der Waals surface area contributed by atoms with E-state index in [2.05, 4.69) is 0 Å². The summed E-state index contributed by atoms with van der Waals surface area (Å²) in [6, 6.07) is 0.263. The Kier molecular flexibility index (Phi) is 4.04. The number of urea groups is 1. The lowest BCUT2D eigenvalue weighted by Gasteiger charge is -2.31. The summed E-state index contributed by atoms with van der Waals surface area (Å²) in [6.45, 7) is 4.51. The molecule has 2 rings (SSSR count). The molecule has 2 N–H and O–H groups in total. The van der Waals surface area contributed by atoms with Crippen LogP contribution in [-0.2, 0) is 0 Å². The fourth-order valence-corrected chi connectivity index (χ4v) is 2.76. The van der Waals surface area contributed by atoms with Gasteiger partial charge in [-0.05, 0) is 44.6 Å². The van der Waals surface area contributed by atoms with Gasteiger partial charge in [-0.15, -0.1) is 0 Å². The average molecular weight is 225 g/mol. The molecule has 92 valence electrons. The number of amides is 2. The van der Waals surface area contributed by atoms with Gasteiger partial charge in [-0.2, -0.15) is 0 Å². The first-order valence-electron chi connectivity index (χ1n) is 6.55. The molecule has 16 heavy (non-hydrogen) atoms. The average Bonchev–Trinajstić information content (AvgIpc) is 2.78. The van der Waals surface area contributed by atoms with Gasteiger partial charge >= 0.3 is 6.03 Å². The van der Waals surface area contributed by atoms with Gasteiger partial charge in [-0.25, -0.2) is 4.79 Å². The van der Waals surface area contributed by atoms with Crippen molar-refractivity contribution < 1.29 is 4.79 Å². The Balaban J connectivity index is 1.81. The van der Waals surface area contributed by atoms with E-state index < -0.39 is 0 Å². The van der Waals surface area contributed by atoms with Crippen LogP contribution in [0.5, 0.6) is 0 Å². The lowest BCUT2D eigenvalue weighted by Crippen LogP contribution is -2.44. The Labute approximate surface area is 97.8 Å². The third-order valence-electron chi connectivity index (χ3n) is 3.76. The molecule has 2 heterocycles. The van der Waals surface area contributed by atoms with Crippen molar-refractivity contribution in [3.05, 3.63) is 0 Å². The van der Waals surface area contributed by atoms with Gasteiger partial charge in [0.25, 0.3) is 0 Å². The van der Waals surface area contributed by atoms with Crippen molar-refractivity contribution in [2.24, 2.45) is 11.7 Å². The summed E-state index contributed by atoms with van der Waals surface area (Å²) in [5.41, 5.74) is 5.56. The summed E-state index contributed by atoms with van der Waals surface area (Å²) in [7, 11) is 0. The normalized spacial score (nSPS) is 26.2. The number of hydrogen-bond donors (Lipinski definition) is 1. The van der Waals surface area contributed by atoms with Gasteiger partial charge in [0, 0.05) is 26.2 Å². The van der Waals surface area contributed by atoms with Gasteiger partial charge in [0.1, 0.15) is 0 Å². The maximum atomic E-state index is 12.2. The van der Waals surface area contributed by atoms with Crippen molar-refractivity contribution in [2.75, 3.05) is 32.7 Å². The molecule has 0 aliphatic carbocycles. The third kappa shape index (κ3) is 2.67. The van der Waals surface area contributed by atoms with E-state index in [0.29, 0.717) is 5.92 Å². The molecule has 0 aromatic rings. The van der Waals surface area contributed by atoms with E-state index in [0.717, 1.165) is 45.6 Å². The molecule has 1 unspecified atom stereocenters. The first kappa shape index (κ1) is 11.7. The molecule has 4 nitrogen and oxygen atoms in total. The minimum Gasteiger partial charge on any atom is -0.330 e. The van der Waals surface area contributed by atoms with Crippen molar-refractivity contribution in [3.63, 3.8) is 0 Å². The number of hydrogen-bond acceptors (Lipinski definition) is 2. The molecule has 0 aromatic carbocycles. The minimum absolute atomic E-state index is 0.263. The Morgan fingerprint density at radius 2 is 1.88 bits per heavy atom. The molecule has 0 saturated carbocycles. The number of piperidine rings is 1. The second-order valence-electron chi connectivity index (χ2n) is 5.01. The second kappa shape index (κ2) is 5.53. The molecule has 2 amide bonds. The largest absolute Gasteiger partial charge is 0.330 e. The van der Waals surface area contributed by atoms with Crippen LogP contribution < -0.4 is 5.73 Å². The summed E-state index contributed by atoms with van der Waals surface area (Å²) < 4.78 is 0. The van der Waals surface area contributed by atoms with Crippen molar-refractivity contribution in [3.8, 4) is 0 Å². The highest BCUT2D eigenvalue weighted by atomic mass is 16.2. The van der Waals surface area contributed by atoms with Crippen LogP contribution in [0.2, 0.25) is 0 Å². The van der Waals surface area contributed by atoms with E-state index in [9.17, 15) is 4.79 Å². The lowest BCUT2D eigenvalue weighted by atomic mass is 10.1. The van der Waals surface area contributed by atoms with Crippen molar-refractivity contribution in [1.29, 1.82) is 0 Å². The van der Waals surface area contributed by atoms with Gasteiger partial charge in [0.05, 0.1) is 0 Å². The van der Waals surface area contributed by atoms with Crippen LogP contribution in [0.4, 0.5) is 4.79 Å². The number of carbonyl (C=O) groups is 1. The van der Waals surface area contributed by atoms with Crippen molar-refractivity contribution >= 4 is 6.03 Å². The fraction of sp³-hybridized carbons (Fsp3) is 0.917. The van der Waals surface area contributed by atoms with Crippen molar-refractivity contribution in [1.82, 2.24) is 9.80 Å². The fourth-order valence-electron chi connectivity index (χ4n) is 2.76. The summed E-state index contributed by atoms with van der Waals surface area (Å²) >= 11 is 0. The molecule has 0 radical (unpaired) electrons. The maximum absolute atomic E-state index is 12.2. The Bertz CT molecular complexity index is 238. The van der Waals surface area contributed by atoms with Crippen LogP contribution >= 0.6 is 0 Å². The molecular formula is C12H23N3O. The second-order valence-corrected chi connectivity index (χ2v) is 5.01. The molecular weight excluding hydrogens is 202 g/mol. The molecule has 1 atom stereocenters. The zero-order chi connectivity index (χ0) is 11.4. The number of carbonyl (C=O) groups excluding carboxylic acids is 1. The number of nitrogens with zero attached hydrogens (tertiary/aromatic N) is 2. The van der Waals surface area contributed by atoms with Crippen molar-refractivity contribution in [2.45, 2.75) is 32.1 Å². The summed E-state index contributed by atoms with van der Waals surface area (Å²) in [5, 5.41) is 0. The van der Waals surface area contributed by atoms with Crippen LogP contribution in [-0.4, -0.2) is 48.6 Å². The third-order valence-corrected chi connectivity index (χ3v) is 3.76. The SMILES string of the molecule is NCCC1CCN(C(=O)N2CCCCC2)C1. The van der Waals surface area contributed by atoms with E-state index >= 15 is 0 Å². The smallest absolute Gasteiger partial charge is 0.320 e. The highest BCUT2D eigenvalue weighted by molar-refractivity contribution is 5.74. The van der Waals surface area contributed by atoms with Gasteiger partial charge in [0.2, 0.25) is 0 Å². The van der Waals surface area contributed by atoms with E-state index in [1.807, 2.05) is 9.80 Å². The van der Waals surface area contributed by atoms with Crippen LogP contribution in [0.15, 0.2) is 0 Å². The van der Waals surface area contributed by atoms with Gasteiger partial charge in [-0.1, -0.05) is 0 Å². The Morgan fingerprint density at radius 1 is 1.12 bits per heavy atom. The molecule has 2 fully saturated rings. The Hall–Kier alpha value is -0.770. The molecule has 0 aromatic heterocycles. The predicted molar refractivity (Wildman–Crippen MR) is 64.2 cm³/mol. The molecule has 2 aliphatic heterocycles. The van der Waals surface area contributed by atoms with Crippen LogP contribution in [0, 0.1) is 5.92 Å². The maximum Gasteiger partial charge on any atom is 0.320 e. The predicted octanol–water partition coefficient (Wildman–Crippen LogP) is 1.26. The molecule has 0 bridgehead atoms. The monoisotopic (exact) mass is 225 g/mol. The quantitative estimate of drug-likeness (QED) is 0.769. The van der Waals surface area contributed by atoms with Gasteiger partial charge in [-0.3, -0.25) is 0 Å². The molecule has 2 aliphatic rings. The highest BCUT2D eigenvalue weighted by Gasteiger charge is 2.29. The zero-order valence-electron chi connectivity index (χ0n) is 10.0. The zero-order valence-corrected chi connectivity index (χ0v) is 10.0. The van der Waals surface area contributed by atoms with Crippen LogP contribution in [0.25, 0.3) is 0 Å². The first-order chi connectivity index (χ1) is 7.81. The first-order valence-corrected chi connectivity index (χ1v) is 6.55. The molecule has 2 saturated heterocycles. The van der Waals surface area contributed by atoms with E-state index in [1.54, 1.807) is 0 Å². The topological polar surface area (TPSA) is 49.6 Å². The summed E-state index contributed by atoms with van der Waals surface area (Å²) in [6.07, 6.45) is 5.82. The number of rotatable bonds is 2. The Morgan fingerprint density at radius 3 is 2.56 bits per heavy atom. The molecule has 4 heteroatoms. The summed E-state index contributed by atoms with van der Waals surface area (Å²) in [5.74, 6) is 0.638. The standard InChI is InChI=1S/C12H23N3O/c13-6-4-11-5-9-15(10-11)12(16)14-7-2-1-3-8-14/h11H,1-10,13H2.